The van der Waals surface area contributed by atoms with Gasteiger partial charge in [0.05, 0.1) is 17.6 Å². The van der Waals surface area contributed by atoms with Crippen LogP contribution in [0.15, 0.2) is 30.5 Å². The Balaban J connectivity index is 2.25. The summed E-state index contributed by atoms with van der Waals surface area (Å²) < 4.78 is 3.00. The van der Waals surface area contributed by atoms with Crippen molar-refractivity contribution in [3.63, 3.8) is 0 Å². The molecule has 0 aliphatic rings. The minimum absolute atomic E-state index is 0.740. The van der Waals surface area contributed by atoms with Gasteiger partial charge in [0.15, 0.2) is 0 Å². The van der Waals surface area contributed by atoms with Crippen molar-refractivity contribution in [2.75, 3.05) is 7.05 Å². The third-order valence-corrected chi connectivity index (χ3v) is 2.71. The van der Waals surface area contributed by atoms with Crippen LogP contribution in [0.4, 0.5) is 0 Å². The summed E-state index contributed by atoms with van der Waals surface area (Å²) in [5.41, 5.74) is 1.97. The van der Waals surface area contributed by atoms with E-state index in [1.807, 2.05) is 25.4 Å². The lowest BCUT2D eigenvalue weighted by Gasteiger charge is -1.98. The van der Waals surface area contributed by atoms with Crippen molar-refractivity contribution in [1.29, 1.82) is 0 Å². The van der Waals surface area contributed by atoms with Gasteiger partial charge in [0.25, 0.3) is 0 Å². The predicted molar refractivity (Wildman–Crippen MR) is 66.8 cm³/mol. The maximum absolute atomic E-state index is 4.06. The molecule has 0 radical (unpaired) electrons. The van der Waals surface area contributed by atoms with Gasteiger partial charge in [-0.15, -0.1) is 5.10 Å². The van der Waals surface area contributed by atoms with Crippen LogP contribution in [0.1, 0.15) is 5.69 Å². The Bertz CT molecular complexity index is 435. The first-order chi connectivity index (χ1) is 7.29. The second kappa shape index (κ2) is 4.71. The normalized spacial score (nSPS) is 10.5. The van der Waals surface area contributed by atoms with Gasteiger partial charge in [-0.25, -0.2) is 4.68 Å². The smallest absolute Gasteiger partial charge is 0.0969 e. The summed E-state index contributed by atoms with van der Waals surface area (Å²) in [6, 6.07) is 8.16. The van der Waals surface area contributed by atoms with Gasteiger partial charge in [-0.1, -0.05) is 5.21 Å². The van der Waals surface area contributed by atoms with E-state index in [0.29, 0.717) is 0 Å². The van der Waals surface area contributed by atoms with Crippen LogP contribution in [0.5, 0.6) is 0 Å². The number of rotatable bonds is 3. The Hall–Kier alpha value is -0.950. The average Bonchev–Trinajstić information content (AvgIpc) is 2.68. The molecule has 0 amide bonds. The molecule has 78 valence electrons. The fourth-order valence-electron chi connectivity index (χ4n) is 1.28. The maximum atomic E-state index is 4.06. The van der Waals surface area contributed by atoms with Gasteiger partial charge in [-0.05, 0) is 53.9 Å². The van der Waals surface area contributed by atoms with Crippen molar-refractivity contribution in [3.8, 4) is 5.69 Å². The van der Waals surface area contributed by atoms with E-state index in [1.165, 1.54) is 3.57 Å². The molecule has 0 atom stereocenters. The van der Waals surface area contributed by atoms with E-state index >= 15 is 0 Å². The molecular weight excluding hydrogens is 303 g/mol. The Kier molecular flexibility index (Phi) is 3.32. The van der Waals surface area contributed by atoms with Crippen LogP contribution in [0.2, 0.25) is 0 Å². The van der Waals surface area contributed by atoms with Gasteiger partial charge in [0.1, 0.15) is 0 Å². The summed E-state index contributed by atoms with van der Waals surface area (Å²) in [6.45, 7) is 0.740. The quantitative estimate of drug-likeness (QED) is 0.875. The molecule has 0 spiro atoms. The molecule has 1 heterocycles. The summed E-state index contributed by atoms with van der Waals surface area (Å²) in [5.74, 6) is 0. The number of hydrogen-bond acceptors (Lipinski definition) is 3. The summed E-state index contributed by atoms with van der Waals surface area (Å²) >= 11 is 2.28. The summed E-state index contributed by atoms with van der Waals surface area (Å²) in [5, 5.41) is 11.2. The highest BCUT2D eigenvalue weighted by Crippen LogP contribution is 2.10. The molecule has 0 aliphatic carbocycles. The van der Waals surface area contributed by atoms with Crippen molar-refractivity contribution >= 4 is 22.6 Å². The zero-order valence-electron chi connectivity index (χ0n) is 8.31. The zero-order chi connectivity index (χ0) is 10.7. The molecule has 1 aromatic carbocycles. The lowest BCUT2D eigenvalue weighted by atomic mass is 10.3. The lowest BCUT2D eigenvalue weighted by molar-refractivity contribution is 0.767. The van der Waals surface area contributed by atoms with Crippen LogP contribution in [0.25, 0.3) is 5.69 Å². The second-order valence-electron chi connectivity index (χ2n) is 3.16. The molecule has 1 N–H and O–H groups in total. The molecule has 4 nitrogen and oxygen atoms in total. The van der Waals surface area contributed by atoms with Crippen molar-refractivity contribution < 1.29 is 0 Å². The maximum Gasteiger partial charge on any atom is 0.0969 e. The van der Waals surface area contributed by atoms with E-state index in [1.54, 1.807) is 4.68 Å². The zero-order valence-corrected chi connectivity index (χ0v) is 10.5. The van der Waals surface area contributed by atoms with Gasteiger partial charge in [-0.2, -0.15) is 0 Å². The third-order valence-electron chi connectivity index (χ3n) is 1.99. The molecule has 0 unspecified atom stereocenters. The molecule has 15 heavy (non-hydrogen) atoms. The Morgan fingerprint density at radius 2 is 2.07 bits per heavy atom. The van der Waals surface area contributed by atoms with E-state index in [-0.39, 0.29) is 0 Å². The topological polar surface area (TPSA) is 42.7 Å². The Morgan fingerprint density at radius 3 is 2.73 bits per heavy atom. The number of nitrogens with one attached hydrogen (secondary N) is 1. The summed E-state index contributed by atoms with van der Waals surface area (Å²) in [4.78, 5) is 0. The highest BCUT2D eigenvalue weighted by Gasteiger charge is 2.01. The number of hydrogen-bond donors (Lipinski definition) is 1. The van der Waals surface area contributed by atoms with Crippen LogP contribution < -0.4 is 5.32 Å². The molecule has 0 bridgehead atoms. The van der Waals surface area contributed by atoms with E-state index in [0.717, 1.165) is 17.9 Å². The van der Waals surface area contributed by atoms with Crippen LogP contribution in [-0.4, -0.2) is 22.0 Å². The fourth-order valence-corrected chi connectivity index (χ4v) is 1.64. The van der Waals surface area contributed by atoms with E-state index < -0.39 is 0 Å². The van der Waals surface area contributed by atoms with Gasteiger partial charge >= 0.3 is 0 Å². The van der Waals surface area contributed by atoms with Gasteiger partial charge in [0, 0.05) is 10.1 Å². The number of halogens is 1. The molecule has 5 heteroatoms. The van der Waals surface area contributed by atoms with Crippen molar-refractivity contribution in [3.05, 3.63) is 39.7 Å². The standard InChI is InChI=1S/C10H11IN4/c1-12-6-9-7-15(14-13-9)10-4-2-8(11)3-5-10/h2-5,7,12H,6H2,1H3. The summed E-state index contributed by atoms with van der Waals surface area (Å²) in [6.07, 6.45) is 1.93. The van der Waals surface area contributed by atoms with Gasteiger partial charge in [0.2, 0.25) is 0 Å². The fraction of sp³-hybridized carbons (Fsp3) is 0.200. The number of aromatic nitrogens is 3. The predicted octanol–water partition coefficient (Wildman–Crippen LogP) is 1.59. The molecule has 2 rings (SSSR count). The summed E-state index contributed by atoms with van der Waals surface area (Å²) in [7, 11) is 1.89. The Labute approximate surface area is 102 Å². The second-order valence-corrected chi connectivity index (χ2v) is 4.41. The Morgan fingerprint density at radius 1 is 1.33 bits per heavy atom. The first-order valence-corrected chi connectivity index (χ1v) is 5.69. The molecule has 0 saturated carbocycles. The highest BCUT2D eigenvalue weighted by atomic mass is 127. The molecule has 0 aliphatic heterocycles. The van der Waals surface area contributed by atoms with Crippen LogP contribution in [0.3, 0.4) is 0 Å². The average molecular weight is 314 g/mol. The van der Waals surface area contributed by atoms with E-state index in [4.69, 9.17) is 0 Å². The molecule has 0 fully saturated rings. The number of benzene rings is 1. The van der Waals surface area contributed by atoms with Crippen molar-refractivity contribution in [2.24, 2.45) is 0 Å². The van der Waals surface area contributed by atoms with Crippen molar-refractivity contribution in [1.82, 2.24) is 20.3 Å². The minimum Gasteiger partial charge on any atom is -0.314 e. The van der Waals surface area contributed by atoms with E-state index in [2.05, 4.69) is 50.4 Å². The molecule has 1 aromatic heterocycles. The largest absolute Gasteiger partial charge is 0.314 e. The SMILES string of the molecule is CNCc1cn(-c2ccc(I)cc2)nn1. The van der Waals surface area contributed by atoms with Crippen molar-refractivity contribution in [2.45, 2.75) is 6.54 Å². The van der Waals surface area contributed by atoms with Gasteiger partial charge < -0.3 is 5.32 Å². The minimum atomic E-state index is 0.740. The number of nitrogens with zero attached hydrogens (tertiary/aromatic N) is 3. The molecular formula is C10H11IN4. The van der Waals surface area contributed by atoms with Crippen LogP contribution >= 0.6 is 22.6 Å². The molecule has 2 aromatic rings. The third kappa shape index (κ3) is 2.54. The van der Waals surface area contributed by atoms with E-state index in [9.17, 15) is 0 Å². The lowest BCUT2D eigenvalue weighted by Crippen LogP contribution is -2.04. The first kappa shape index (κ1) is 10.6. The molecule has 0 saturated heterocycles. The van der Waals surface area contributed by atoms with Crippen LogP contribution in [0, 0.1) is 3.57 Å². The highest BCUT2D eigenvalue weighted by molar-refractivity contribution is 14.1. The monoisotopic (exact) mass is 314 g/mol. The van der Waals surface area contributed by atoms with Gasteiger partial charge in [-0.3, -0.25) is 0 Å². The van der Waals surface area contributed by atoms with Crippen LogP contribution in [-0.2, 0) is 6.54 Å². The first-order valence-electron chi connectivity index (χ1n) is 4.61.